The van der Waals surface area contributed by atoms with Gasteiger partial charge in [0.2, 0.25) is 0 Å². The molecule has 1 heterocycles. The van der Waals surface area contributed by atoms with E-state index in [1.54, 1.807) is 19.6 Å². The number of anilines is 1. The van der Waals surface area contributed by atoms with Gasteiger partial charge in [0.05, 0.1) is 19.1 Å². The van der Waals surface area contributed by atoms with Gasteiger partial charge in [-0.05, 0) is 6.92 Å². The molecule has 0 aliphatic heterocycles. The minimum Gasteiger partial charge on any atom is -0.383 e. The van der Waals surface area contributed by atoms with Crippen molar-refractivity contribution in [3.05, 3.63) is 12.5 Å². The molecule has 4 heteroatoms. The molecule has 0 fully saturated rings. The third-order valence-electron chi connectivity index (χ3n) is 1.32. The summed E-state index contributed by atoms with van der Waals surface area (Å²) in [7, 11) is 1.69. The van der Waals surface area contributed by atoms with Crippen molar-refractivity contribution in [3.63, 3.8) is 0 Å². The maximum Gasteiger partial charge on any atom is 0.123 e. The number of ether oxygens (including phenoxy) is 1. The van der Waals surface area contributed by atoms with E-state index >= 15 is 0 Å². The summed E-state index contributed by atoms with van der Waals surface area (Å²) in [5.41, 5.74) is 0. The van der Waals surface area contributed by atoms with Crippen LogP contribution in [0.15, 0.2) is 12.5 Å². The lowest BCUT2D eigenvalue weighted by molar-refractivity contribution is 0.190. The second kappa shape index (κ2) is 3.98. The number of methoxy groups -OCH3 is 1. The van der Waals surface area contributed by atoms with Crippen molar-refractivity contribution >= 4 is 5.82 Å². The molecule has 1 unspecified atom stereocenters. The quantitative estimate of drug-likeness (QED) is 0.678. The predicted molar refractivity (Wildman–Crippen MR) is 43.5 cm³/mol. The number of rotatable bonds is 4. The molecule has 4 nitrogen and oxygen atoms in total. The van der Waals surface area contributed by atoms with Gasteiger partial charge in [-0.25, -0.2) is 4.98 Å². The molecule has 0 aliphatic rings. The molecule has 1 rings (SSSR count). The van der Waals surface area contributed by atoms with Gasteiger partial charge in [0.15, 0.2) is 0 Å². The van der Waals surface area contributed by atoms with Gasteiger partial charge in [0, 0.05) is 13.2 Å². The summed E-state index contributed by atoms with van der Waals surface area (Å²) in [6, 6.07) is 0.306. The number of nitrogens with zero attached hydrogens (tertiary/aromatic N) is 1. The Bertz CT molecular complexity index is 186. The monoisotopic (exact) mass is 155 g/mol. The van der Waals surface area contributed by atoms with Gasteiger partial charge in [-0.2, -0.15) is 0 Å². The van der Waals surface area contributed by atoms with E-state index in [2.05, 4.69) is 15.3 Å². The standard InChI is InChI=1S/C7H13N3O/c1-6(4-11-2)10-7-3-8-5-9-7/h3,5-6,10H,4H2,1-2H3,(H,8,9). The number of H-pyrrole nitrogens is 1. The van der Waals surface area contributed by atoms with Crippen LogP contribution in [-0.2, 0) is 4.74 Å². The number of aromatic amines is 1. The predicted octanol–water partition coefficient (Wildman–Crippen LogP) is 0.857. The summed E-state index contributed by atoms with van der Waals surface area (Å²) in [6.07, 6.45) is 3.38. The molecule has 1 aromatic rings. The molecule has 0 saturated heterocycles. The maximum atomic E-state index is 4.96. The van der Waals surface area contributed by atoms with Crippen LogP contribution in [0.2, 0.25) is 0 Å². The highest BCUT2D eigenvalue weighted by Gasteiger charge is 2.00. The fraction of sp³-hybridized carbons (Fsp3) is 0.571. The van der Waals surface area contributed by atoms with Crippen molar-refractivity contribution in [1.82, 2.24) is 9.97 Å². The van der Waals surface area contributed by atoms with Crippen molar-refractivity contribution in [2.45, 2.75) is 13.0 Å². The van der Waals surface area contributed by atoms with E-state index in [0.717, 1.165) is 5.82 Å². The molecular formula is C7H13N3O. The topological polar surface area (TPSA) is 49.9 Å². The molecule has 1 atom stereocenters. The van der Waals surface area contributed by atoms with E-state index in [0.29, 0.717) is 12.6 Å². The van der Waals surface area contributed by atoms with Crippen molar-refractivity contribution < 1.29 is 4.74 Å². The van der Waals surface area contributed by atoms with Gasteiger partial charge in [-0.1, -0.05) is 0 Å². The van der Waals surface area contributed by atoms with Gasteiger partial charge < -0.3 is 15.0 Å². The molecule has 0 aliphatic carbocycles. The Kier molecular flexibility index (Phi) is 2.92. The van der Waals surface area contributed by atoms with E-state index in [1.165, 1.54) is 0 Å². The Morgan fingerprint density at radius 3 is 3.18 bits per heavy atom. The molecular weight excluding hydrogens is 142 g/mol. The van der Waals surface area contributed by atoms with E-state index in [4.69, 9.17) is 4.74 Å². The summed E-state index contributed by atoms with van der Waals surface area (Å²) in [5.74, 6) is 0.926. The molecule has 0 bridgehead atoms. The zero-order chi connectivity index (χ0) is 8.10. The molecule has 0 aromatic carbocycles. The first-order chi connectivity index (χ1) is 5.33. The number of aromatic nitrogens is 2. The Hall–Kier alpha value is -1.03. The molecule has 0 saturated carbocycles. The summed E-state index contributed by atoms with van der Waals surface area (Å²) in [6.45, 7) is 2.74. The minimum atomic E-state index is 0.306. The highest BCUT2D eigenvalue weighted by Crippen LogP contribution is 2.00. The Morgan fingerprint density at radius 1 is 1.82 bits per heavy atom. The number of imidazole rings is 1. The van der Waals surface area contributed by atoms with Crippen LogP contribution in [-0.4, -0.2) is 29.7 Å². The molecule has 0 amide bonds. The van der Waals surface area contributed by atoms with Crippen LogP contribution in [0.1, 0.15) is 6.92 Å². The minimum absolute atomic E-state index is 0.306. The van der Waals surface area contributed by atoms with Crippen LogP contribution in [0, 0.1) is 0 Å². The first-order valence-corrected chi connectivity index (χ1v) is 3.56. The molecule has 1 aromatic heterocycles. The normalized spacial score (nSPS) is 12.9. The van der Waals surface area contributed by atoms with Gasteiger partial charge in [-0.15, -0.1) is 0 Å². The van der Waals surface area contributed by atoms with Crippen LogP contribution in [0.5, 0.6) is 0 Å². The summed E-state index contributed by atoms with van der Waals surface area (Å²) in [5, 5.41) is 3.18. The first-order valence-electron chi connectivity index (χ1n) is 3.56. The smallest absolute Gasteiger partial charge is 0.123 e. The zero-order valence-electron chi connectivity index (χ0n) is 6.79. The van der Waals surface area contributed by atoms with E-state index in [-0.39, 0.29) is 0 Å². The first kappa shape index (κ1) is 8.07. The van der Waals surface area contributed by atoms with Gasteiger partial charge in [-0.3, -0.25) is 0 Å². The SMILES string of the molecule is COCC(C)Nc1cnc[nH]1. The lowest BCUT2D eigenvalue weighted by atomic mass is 10.4. The zero-order valence-corrected chi connectivity index (χ0v) is 6.79. The molecule has 0 spiro atoms. The third-order valence-corrected chi connectivity index (χ3v) is 1.32. The van der Waals surface area contributed by atoms with Crippen molar-refractivity contribution in [3.8, 4) is 0 Å². The van der Waals surface area contributed by atoms with Crippen LogP contribution in [0.4, 0.5) is 5.82 Å². The number of hydrogen-bond acceptors (Lipinski definition) is 3. The van der Waals surface area contributed by atoms with Crippen LogP contribution < -0.4 is 5.32 Å². The van der Waals surface area contributed by atoms with E-state index < -0.39 is 0 Å². The van der Waals surface area contributed by atoms with Crippen molar-refractivity contribution in [2.75, 3.05) is 19.0 Å². The molecule has 0 radical (unpaired) electrons. The second-order valence-electron chi connectivity index (χ2n) is 2.47. The fourth-order valence-electron chi connectivity index (χ4n) is 0.892. The van der Waals surface area contributed by atoms with Crippen LogP contribution in [0.3, 0.4) is 0 Å². The number of nitrogens with one attached hydrogen (secondary N) is 2. The molecule has 11 heavy (non-hydrogen) atoms. The Balaban J connectivity index is 2.31. The van der Waals surface area contributed by atoms with Crippen LogP contribution in [0.25, 0.3) is 0 Å². The lowest BCUT2D eigenvalue weighted by Gasteiger charge is -2.11. The van der Waals surface area contributed by atoms with Gasteiger partial charge in [0.25, 0.3) is 0 Å². The molecule has 2 N–H and O–H groups in total. The highest BCUT2D eigenvalue weighted by atomic mass is 16.5. The molecule has 62 valence electrons. The lowest BCUT2D eigenvalue weighted by Crippen LogP contribution is -2.20. The summed E-state index contributed by atoms with van der Waals surface area (Å²) in [4.78, 5) is 6.83. The van der Waals surface area contributed by atoms with Crippen LogP contribution >= 0.6 is 0 Å². The average Bonchev–Trinajstić information content (AvgIpc) is 2.40. The average molecular weight is 155 g/mol. The van der Waals surface area contributed by atoms with Crippen molar-refractivity contribution in [1.29, 1.82) is 0 Å². The van der Waals surface area contributed by atoms with Crippen molar-refractivity contribution in [2.24, 2.45) is 0 Å². The Labute approximate surface area is 66.0 Å². The third kappa shape index (κ3) is 2.59. The maximum absolute atomic E-state index is 4.96. The van der Waals surface area contributed by atoms with Gasteiger partial charge >= 0.3 is 0 Å². The van der Waals surface area contributed by atoms with E-state index in [9.17, 15) is 0 Å². The highest BCUT2D eigenvalue weighted by molar-refractivity contribution is 5.31. The summed E-state index contributed by atoms with van der Waals surface area (Å²) >= 11 is 0. The van der Waals surface area contributed by atoms with Gasteiger partial charge in [0.1, 0.15) is 5.82 Å². The number of hydrogen-bond donors (Lipinski definition) is 2. The van der Waals surface area contributed by atoms with E-state index in [1.807, 2.05) is 6.92 Å². The Morgan fingerprint density at radius 2 is 2.64 bits per heavy atom. The fourth-order valence-corrected chi connectivity index (χ4v) is 0.892. The summed E-state index contributed by atoms with van der Waals surface area (Å²) < 4.78 is 4.96. The largest absolute Gasteiger partial charge is 0.383 e. The second-order valence-corrected chi connectivity index (χ2v) is 2.47.